The second-order valence-electron chi connectivity index (χ2n) is 5.14. The van der Waals surface area contributed by atoms with E-state index in [9.17, 15) is 0 Å². The third-order valence-electron chi connectivity index (χ3n) is 3.72. The number of hydrogen-bond donors (Lipinski definition) is 1. The van der Waals surface area contributed by atoms with E-state index < -0.39 is 0 Å². The van der Waals surface area contributed by atoms with Crippen molar-refractivity contribution in [2.45, 2.75) is 45.6 Å². The molecule has 2 heteroatoms. The first-order valence-corrected chi connectivity index (χ1v) is 7.09. The molecular formula is C15H22ClN. The van der Waals surface area contributed by atoms with Gasteiger partial charge in [-0.1, -0.05) is 37.4 Å². The van der Waals surface area contributed by atoms with Crippen molar-refractivity contribution >= 4 is 11.6 Å². The first kappa shape index (κ1) is 12.9. The highest BCUT2D eigenvalue weighted by molar-refractivity contribution is 6.30. The molecule has 0 aliphatic heterocycles. The Morgan fingerprint density at radius 1 is 1.29 bits per heavy atom. The zero-order chi connectivity index (χ0) is 12.3. The van der Waals surface area contributed by atoms with Crippen LogP contribution < -0.4 is 5.32 Å². The predicted octanol–water partition coefficient (Wildman–Crippen LogP) is 4.49. The van der Waals surface area contributed by atoms with Crippen molar-refractivity contribution in [1.82, 2.24) is 5.32 Å². The van der Waals surface area contributed by atoms with Crippen LogP contribution >= 0.6 is 11.6 Å². The Bertz CT molecular complexity index is 349. The van der Waals surface area contributed by atoms with E-state index in [0.717, 1.165) is 17.5 Å². The van der Waals surface area contributed by atoms with Gasteiger partial charge in [-0.15, -0.1) is 0 Å². The molecule has 1 nitrogen and oxygen atoms in total. The van der Waals surface area contributed by atoms with E-state index in [1.807, 2.05) is 6.07 Å². The highest BCUT2D eigenvalue weighted by atomic mass is 35.5. The number of aryl methyl sites for hydroxylation is 1. The van der Waals surface area contributed by atoms with Crippen molar-refractivity contribution in [3.8, 4) is 0 Å². The van der Waals surface area contributed by atoms with Gasteiger partial charge in [0.05, 0.1) is 0 Å². The summed E-state index contributed by atoms with van der Waals surface area (Å²) < 4.78 is 0. The number of nitrogens with one attached hydrogen (secondary N) is 1. The van der Waals surface area contributed by atoms with Gasteiger partial charge in [0.1, 0.15) is 0 Å². The molecule has 1 fully saturated rings. The molecule has 1 saturated carbocycles. The summed E-state index contributed by atoms with van der Waals surface area (Å²) in [4.78, 5) is 0. The van der Waals surface area contributed by atoms with Crippen LogP contribution in [-0.4, -0.2) is 6.54 Å². The molecule has 0 aromatic heterocycles. The lowest BCUT2D eigenvalue weighted by atomic mass is 9.91. The quantitative estimate of drug-likeness (QED) is 0.832. The lowest BCUT2D eigenvalue weighted by Crippen LogP contribution is -2.27. The van der Waals surface area contributed by atoms with Crippen LogP contribution in [0.3, 0.4) is 0 Å². The third-order valence-corrected chi connectivity index (χ3v) is 3.94. The van der Waals surface area contributed by atoms with Gasteiger partial charge in [0.15, 0.2) is 0 Å². The van der Waals surface area contributed by atoms with Gasteiger partial charge in [-0.25, -0.2) is 0 Å². The maximum Gasteiger partial charge on any atom is 0.0411 e. The smallest absolute Gasteiger partial charge is 0.0411 e. The maximum absolute atomic E-state index is 6.17. The zero-order valence-electron chi connectivity index (χ0n) is 10.8. The Labute approximate surface area is 110 Å². The van der Waals surface area contributed by atoms with Gasteiger partial charge in [0.2, 0.25) is 0 Å². The van der Waals surface area contributed by atoms with Crippen molar-refractivity contribution < 1.29 is 0 Å². The normalized spacial score (nSPS) is 18.5. The van der Waals surface area contributed by atoms with Gasteiger partial charge in [0.25, 0.3) is 0 Å². The number of rotatable bonds is 4. The van der Waals surface area contributed by atoms with Crippen LogP contribution in [0.2, 0.25) is 5.02 Å². The number of halogens is 1. The fourth-order valence-corrected chi connectivity index (χ4v) is 3.31. The van der Waals surface area contributed by atoms with Crippen LogP contribution in [0.1, 0.15) is 49.8 Å². The van der Waals surface area contributed by atoms with E-state index in [1.54, 1.807) is 0 Å². The molecule has 1 aliphatic carbocycles. The molecular weight excluding hydrogens is 230 g/mol. The van der Waals surface area contributed by atoms with Crippen LogP contribution in [0, 0.1) is 12.8 Å². The van der Waals surface area contributed by atoms with Crippen molar-refractivity contribution in [3.63, 3.8) is 0 Å². The molecule has 1 aromatic carbocycles. The highest BCUT2D eigenvalue weighted by Gasteiger charge is 2.25. The van der Waals surface area contributed by atoms with Gasteiger partial charge >= 0.3 is 0 Å². The van der Waals surface area contributed by atoms with E-state index >= 15 is 0 Å². The largest absolute Gasteiger partial charge is 0.310 e. The van der Waals surface area contributed by atoms with Crippen molar-refractivity contribution in [2.75, 3.05) is 6.54 Å². The van der Waals surface area contributed by atoms with Crippen molar-refractivity contribution in [2.24, 2.45) is 5.92 Å². The van der Waals surface area contributed by atoms with Crippen molar-refractivity contribution in [3.05, 3.63) is 34.3 Å². The molecule has 2 rings (SSSR count). The highest BCUT2D eigenvalue weighted by Crippen LogP contribution is 2.36. The molecule has 0 spiro atoms. The molecule has 1 atom stereocenters. The Hall–Kier alpha value is -0.530. The van der Waals surface area contributed by atoms with Crippen LogP contribution in [0.4, 0.5) is 0 Å². The Morgan fingerprint density at radius 2 is 2.00 bits per heavy atom. The molecule has 17 heavy (non-hydrogen) atoms. The van der Waals surface area contributed by atoms with E-state index in [-0.39, 0.29) is 0 Å². The molecule has 0 radical (unpaired) electrons. The van der Waals surface area contributed by atoms with Gasteiger partial charge in [-0.05, 0) is 55.5 Å². The first-order valence-electron chi connectivity index (χ1n) is 6.71. The van der Waals surface area contributed by atoms with Crippen LogP contribution in [0.25, 0.3) is 0 Å². The minimum Gasteiger partial charge on any atom is -0.310 e. The van der Waals surface area contributed by atoms with Crippen molar-refractivity contribution in [1.29, 1.82) is 0 Å². The first-order chi connectivity index (χ1) is 8.20. The van der Waals surface area contributed by atoms with Gasteiger partial charge in [-0.3, -0.25) is 0 Å². The van der Waals surface area contributed by atoms with E-state index in [0.29, 0.717) is 6.04 Å². The number of hydrogen-bond acceptors (Lipinski definition) is 1. The Kier molecular flexibility index (Phi) is 4.47. The topological polar surface area (TPSA) is 12.0 Å². The minimum absolute atomic E-state index is 0.486. The molecule has 0 saturated heterocycles. The SMILES string of the molecule is CCNC(c1cc(C)cc(Cl)c1)C1CCCC1. The minimum atomic E-state index is 0.486. The lowest BCUT2D eigenvalue weighted by molar-refractivity contribution is 0.374. The predicted molar refractivity (Wildman–Crippen MR) is 74.6 cm³/mol. The average molecular weight is 252 g/mol. The summed E-state index contributed by atoms with van der Waals surface area (Å²) in [7, 11) is 0. The molecule has 1 N–H and O–H groups in total. The summed E-state index contributed by atoms with van der Waals surface area (Å²) in [5.74, 6) is 0.785. The third kappa shape index (κ3) is 3.23. The summed E-state index contributed by atoms with van der Waals surface area (Å²) in [5, 5.41) is 4.50. The Morgan fingerprint density at radius 3 is 2.59 bits per heavy atom. The summed E-state index contributed by atoms with van der Waals surface area (Å²) in [5.41, 5.74) is 2.62. The molecule has 1 aromatic rings. The van der Waals surface area contributed by atoms with Crippen LogP contribution in [0.5, 0.6) is 0 Å². The second-order valence-corrected chi connectivity index (χ2v) is 5.58. The zero-order valence-corrected chi connectivity index (χ0v) is 11.6. The second kappa shape index (κ2) is 5.88. The summed E-state index contributed by atoms with van der Waals surface area (Å²) in [6.45, 7) is 5.32. The number of benzene rings is 1. The van der Waals surface area contributed by atoms with Crippen LogP contribution in [-0.2, 0) is 0 Å². The summed E-state index contributed by atoms with van der Waals surface area (Å²) in [6.07, 6.45) is 5.46. The molecule has 0 heterocycles. The average Bonchev–Trinajstić information content (AvgIpc) is 2.77. The van der Waals surface area contributed by atoms with E-state index in [4.69, 9.17) is 11.6 Å². The molecule has 94 valence electrons. The van der Waals surface area contributed by atoms with Crippen LogP contribution in [0.15, 0.2) is 18.2 Å². The fourth-order valence-electron chi connectivity index (χ4n) is 3.01. The summed E-state index contributed by atoms with van der Waals surface area (Å²) in [6, 6.07) is 6.92. The fraction of sp³-hybridized carbons (Fsp3) is 0.600. The van der Waals surface area contributed by atoms with Gasteiger partial charge < -0.3 is 5.32 Å². The standard InChI is InChI=1S/C15H22ClN/c1-3-17-15(12-6-4-5-7-12)13-8-11(2)9-14(16)10-13/h8-10,12,15,17H,3-7H2,1-2H3. The summed E-state index contributed by atoms with van der Waals surface area (Å²) >= 11 is 6.17. The monoisotopic (exact) mass is 251 g/mol. The molecule has 1 aliphatic rings. The molecule has 0 amide bonds. The molecule has 1 unspecified atom stereocenters. The van der Waals surface area contributed by atoms with Gasteiger partial charge in [0, 0.05) is 11.1 Å². The van der Waals surface area contributed by atoms with Gasteiger partial charge in [-0.2, -0.15) is 0 Å². The maximum atomic E-state index is 6.17. The van der Waals surface area contributed by atoms with E-state index in [1.165, 1.54) is 36.8 Å². The lowest BCUT2D eigenvalue weighted by Gasteiger charge is -2.25. The Balaban J connectivity index is 2.24. The van der Waals surface area contributed by atoms with E-state index in [2.05, 4.69) is 31.3 Å². The molecule has 0 bridgehead atoms.